The number of carbonyl (C=O) groups excluding carboxylic acids is 1. The molecule has 39 heavy (non-hydrogen) atoms. The zero-order valence-corrected chi connectivity index (χ0v) is 23.7. The largest absolute Gasteiger partial charge is 0.497 e. The number of nitro groups is 1. The first-order valence-electron chi connectivity index (χ1n) is 12.1. The van der Waals surface area contributed by atoms with Crippen molar-refractivity contribution in [1.82, 2.24) is 14.5 Å². The molecule has 0 fully saturated rings. The number of ether oxygens (including phenoxy) is 2. The number of benzene rings is 3. The van der Waals surface area contributed by atoms with Gasteiger partial charge in [-0.15, -0.1) is 0 Å². The maximum Gasteiger partial charge on any atom is 0.273 e. The van der Waals surface area contributed by atoms with E-state index in [0.717, 1.165) is 0 Å². The van der Waals surface area contributed by atoms with Gasteiger partial charge in [-0.25, -0.2) is 4.98 Å². The van der Waals surface area contributed by atoms with Crippen LogP contribution < -0.4 is 15.0 Å². The van der Waals surface area contributed by atoms with Crippen molar-refractivity contribution in [2.24, 2.45) is 0 Å². The van der Waals surface area contributed by atoms with Crippen LogP contribution in [0.1, 0.15) is 41.6 Å². The van der Waals surface area contributed by atoms with Crippen LogP contribution in [0.3, 0.4) is 0 Å². The Morgan fingerprint density at radius 2 is 1.87 bits per heavy atom. The molecular formula is C28H27BrN4O6. The SMILES string of the molecule is CCN(C(=O)c1ccc(C)c([N+](=O)[O-])c1)C(C)c1nc2ccccc2c(=O)n1-c1cc(OC)cc(OC)c1Br. The minimum absolute atomic E-state index is 0.141. The van der Waals surface area contributed by atoms with Crippen LogP contribution in [0.5, 0.6) is 11.5 Å². The molecule has 0 spiro atoms. The molecule has 10 nitrogen and oxygen atoms in total. The van der Waals surface area contributed by atoms with E-state index in [-0.39, 0.29) is 23.4 Å². The van der Waals surface area contributed by atoms with Crippen LogP contribution in [0.25, 0.3) is 16.6 Å². The maximum absolute atomic E-state index is 14.0. The van der Waals surface area contributed by atoms with E-state index in [1.807, 2.05) is 0 Å². The monoisotopic (exact) mass is 594 g/mol. The Morgan fingerprint density at radius 1 is 1.15 bits per heavy atom. The molecule has 3 aromatic carbocycles. The van der Waals surface area contributed by atoms with Gasteiger partial charge < -0.3 is 14.4 Å². The lowest BCUT2D eigenvalue weighted by atomic mass is 10.1. The summed E-state index contributed by atoms with van der Waals surface area (Å²) in [6, 6.07) is 14.0. The first kappa shape index (κ1) is 27.8. The van der Waals surface area contributed by atoms with E-state index in [9.17, 15) is 19.7 Å². The number of rotatable bonds is 8. The molecule has 0 radical (unpaired) electrons. The van der Waals surface area contributed by atoms with Crippen LogP contribution in [0.4, 0.5) is 5.69 Å². The molecule has 1 unspecified atom stereocenters. The molecule has 1 heterocycles. The number of aromatic nitrogens is 2. The molecule has 4 rings (SSSR count). The quantitative estimate of drug-likeness (QED) is 0.192. The number of hydrogen-bond acceptors (Lipinski definition) is 7. The predicted octanol–water partition coefficient (Wildman–Crippen LogP) is 5.61. The fourth-order valence-corrected chi connectivity index (χ4v) is 5.06. The summed E-state index contributed by atoms with van der Waals surface area (Å²) in [7, 11) is 3.02. The van der Waals surface area contributed by atoms with Gasteiger partial charge >= 0.3 is 0 Å². The molecule has 1 aromatic heterocycles. The Hall–Kier alpha value is -4.25. The van der Waals surface area contributed by atoms with Crippen molar-refractivity contribution in [3.05, 3.63) is 96.5 Å². The molecular weight excluding hydrogens is 568 g/mol. The normalized spacial score (nSPS) is 11.7. The van der Waals surface area contributed by atoms with E-state index in [1.165, 1.54) is 29.8 Å². The van der Waals surface area contributed by atoms with E-state index < -0.39 is 16.9 Å². The van der Waals surface area contributed by atoms with Gasteiger partial charge in [-0.05, 0) is 54.9 Å². The van der Waals surface area contributed by atoms with Crippen molar-refractivity contribution in [2.45, 2.75) is 26.8 Å². The zero-order valence-electron chi connectivity index (χ0n) is 22.1. The second kappa shape index (κ2) is 11.2. The van der Waals surface area contributed by atoms with Gasteiger partial charge in [0.25, 0.3) is 17.2 Å². The number of nitro benzene ring substituents is 1. The number of para-hydroxylation sites is 1. The molecule has 0 bridgehead atoms. The number of fused-ring (bicyclic) bond motifs is 1. The average molecular weight is 595 g/mol. The third-order valence-corrected chi connectivity index (χ3v) is 7.38. The summed E-state index contributed by atoms with van der Waals surface area (Å²) in [5.41, 5.74) is 1.03. The van der Waals surface area contributed by atoms with Crippen LogP contribution in [0.2, 0.25) is 0 Å². The molecule has 11 heteroatoms. The Balaban J connectivity index is 1.96. The van der Waals surface area contributed by atoms with Gasteiger partial charge in [0.05, 0.1) is 46.2 Å². The molecule has 0 aliphatic rings. The molecule has 4 aromatic rings. The number of aryl methyl sites for hydroxylation is 1. The van der Waals surface area contributed by atoms with E-state index in [0.29, 0.717) is 43.9 Å². The highest BCUT2D eigenvalue weighted by atomic mass is 79.9. The molecule has 1 amide bonds. The lowest BCUT2D eigenvalue weighted by Gasteiger charge is -2.30. The predicted molar refractivity (Wildman–Crippen MR) is 151 cm³/mol. The third-order valence-electron chi connectivity index (χ3n) is 6.59. The molecule has 0 aliphatic heterocycles. The maximum atomic E-state index is 14.0. The number of nitrogens with zero attached hydrogens (tertiary/aromatic N) is 4. The van der Waals surface area contributed by atoms with Gasteiger partial charge in [-0.2, -0.15) is 0 Å². The topological polar surface area (TPSA) is 117 Å². The third kappa shape index (κ3) is 5.09. The van der Waals surface area contributed by atoms with E-state index in [1.54, 1.807) is 69.3 Å². The summed E-state index contributed by atoms with van der Waals surface area (Å²) >= 11 is 3.56. The van der Waals surface area contributed by atoms with E-state index in [4.69, 9.17) is 14.5 Å². The lowest BCUT2D eigenvalue weighted by molar-refractivity contribution is -0.385. The van der Waals surface area contributed by atoms with Gasteiger partial charge in [0.1, 0.15) is 17.3 Å². The highest BCUT2D eigenvalue weighted by Gasteiger charge is 2.29. The van der Waals surface area contributed by atoms with Crippen molar-refractivity contribution in [2.75, 3.05) is 20.8 Å². The first-order valence-corrected chi connectivity index (χ1v) is 12.9. The molecule has 202 valence electrons. The Kier molecular flexibility index (Phi) is 8.01. The first-order chi connectivity index (χ1) is 18.6. The summed E-state index contributed by atoms with van der Waals surface area (Å²) in [6.07, 6.45) is 0. The highest BCUT2D eigenvalue weighted by Crippen LogP contribution is 2.37. The van der Waals surface area contributed by atoms with Crippen molar-refractivity contribution < 1.29 is 19.2 Å². The molecule has 0 N–H and O–H groups in total. The molecule has 1 atom stereocenters. The Morgan fingerprint density at radius 3 is 2.51 bits per heavy atom. The summed E-state index contributed by atoms with van der Waals surface area (Å²) in [6.45, 7) is 5.44. The Labute approximate surface area is 233 Å². The van der Waals surface area contributed by atoms with Gasteiger partial charge in [-0.3, -0.25) is 24.3 Å². The van der Waals surface area contributed by atoms with Gasteiger partial charge in [0.15, 0.2) is 0 Å². The molecule has 0 aliphatic carbocycles. The fraction of sp³-hybridized carbons (Fsp3) is 0.250. The molecule has 0 saturated heterocycles. The summed E-state index contributed by atoms with van der Waals surface area (Å²) in [4.78, 5) is 45.0. The number of halogens is 1. The average Bonchev–Trinajstić information content (AvgIpc) is 2.93. The summed E-state index contributed by atoms with van der Waals surface area (Å²) in [5, 5.41) is 11.9. The zero-order chi connectivity index (χ0) is 28.4. The van der Waals surface area contributed by atoms with Crippen molar-refractivity contribution in [3.63, 3.8) is 0 Å². The number of hydrogen-bond donors (Lipinski definition) is 0. The van der Waals surface area contributed by atoms with Crippen molar-refractivity contribution in [3.8, 4) is 17.2 Å². The van der Waals surface area contributed by atoms with Crippen molar-refractivity contribution in [1.29, 1.82) is 0 Å². The Bertz CT molecular complexity index is 1650. The van der Waals surface area contributed by atoms with Crippen molar-refractivity contribution >= 4 is 38.4 Å². The van der Waals surface area contributed by atoms with Crippen LogP contribution >= 0.6 is 15.9 Å². The van der Waals surface area contributed by atoms with Crippen LogP contribution in [0.15, 0.2) is 63.9 Å². The standard InChI is InChI=1S/C28H27BrN4O6/c1-6-31(27(34)18-12-11-16(2)22(13-18)33(36)37)17(3)26-30-21-10-8-7-9-20(21)28(35)32(26)23-14-19(38-4)15-24(39-5)25(23)29/h7-15,17H,6H2,1-5H3. The van der Waals surface area contributed by atoms with Gasteiger partial charge in [-0.1, -0.05) is 18.2 Å². The van der Waals surface area contributed by atoms with Gasteiger partial charge in [0.2, 0.25) is 0 Å². The number of methoxy groups -OCH3 is 2. The van der Waals surface area contributed by atoms with Crippen LogP contribution in [-0.2, 0) is 0 Å². The fourth-order valence-electron chi connectivity index (χ4n) is 4.49. The van der Waals surface area contributed by atoms with Crippen LogP contribution in [-0.4, -0.2) is 46.0 Å². The lowest BCUT2D eigenvalue weighted by Crippen LogP contribution is -2.37. The van der Waals surface area contributed by atoms with Gasteiger partial charge in [0, 0.05) is 35.9 Å². The number of carbonyl (C=O) groups is 1. The van der Waals surface area contributed by atoms with E-state index in [2.05, 4.69) is 15.9 Å². The highest BCUT2D eigenvalue weighted by molar-refractivity contribution is 9.10. The summed E-state index contributed by atoms with van der Waals surface area (Å²) in [5.74, 6) is 0.772. The van der Waals surface area contributed by atoms with E-state index >= 15 is 0 Å². The second-order valence-corrected chi connectivity index (χ2v) is 9.61. The minimum atomic E-state index is -0.704. The smallest absolute Gasteiger partial charge is 0.273 e. The second-order valence-electron chi connectivity index (χ2n) is 8.82. The number of amides is 1. The molecule has 0 saturated carbocycles. The summed E-state index contributed by atoms with van der Waals surface area (Å²) < 4.78 is 12.9. The van der Waals surface area contributed by atoms with Crippen LogP contribution in [0, 0.1) is 17.0 Å². The minimum Gasteiger partial charge on any atom is -0.497 e.